The molecule has 2 aromatic carbocycles. The lowest BCUT2D eigenvalue weighted by Crippen LogP contribution is -2.27. The van der Waals surface area contributed by atoms with Gasteiger partial charge in [0, 0.05) is 18.9 Å². The molecule has 2 unspecified atom stereocenters. The Labute approximate surface area is 129 Å². The number of benzene rings is 2. The predicted molar refractivity (Wildman–Crippen MR) is 84.8 cm³/mol. The number of nitrogens with one attached hydrogen (secondary N) is 1. The molecule has 5 heteroatoms. The van der Waals surface area contributed by atoms with E-state index in [2.05, 4.69) is 5.32 Å². The van der Waals surface area contributed by atoms with Crippen molar-refractivity contribution in [1.82, 2.24) is 5.32 Å². The van der Waals surface area contributed by atoms with Crippen LogP contribution >= 0.6 is 0 Å². The molecule has 22 heavy (non-hydrogen) atoms. The van der Waals surface area contributed by atoms with Crippen LogP contribution in [0, 0.1) is 0 Å². The minimum Gasteiger partial charge on any atom is -0.496 e. The molecular weight excluding hydrogens is 282 g/mol. The molecule has 0 spiro atoms. The second kappa shape index (κ2) is 7.24. The minimum atomic E-state index is -1.02. The smallest absolute Gasteiger partial charge is 0.216 e. The molecular formula is C17H21NO4. The van der Waals surface area contributed by atoms with E-state index < -0.39 is 12.2 Å². The second-order valence-corrected chi connectivity index (χ2v) is 5.19. The summed E-state index contributed by atoms with van der Waals surface area (Å²) >= 11 is 0. The van der Waals surface area contributed by atoms with Crippen LogP contribution in [-0.4, -0.2) is 35.9 Å². The maximum Gasteiger partial charge on any atom is 0.216 e. The average Bonchev–Trinajstić information content (AvgIpc) is 2.52. The van der Waals surface area contributed by atoms with E-state index >= 15 is 0 Å². The molecule has 0 radical (unpaired) electrons. The summed E-state index contributed by atoms with van der Waals surface area (Å²) in [7, 11) is 1.60. The van der Waals surface area contributed by atoms with E-state index in [1.54, 1.807) is 19.2 Å². The van der Waals surface area contributed by atoms with Crippen molar-refractivity contribution in [3.8, 4) is 5.75 Å². The third kappa shape index (κ3) is 3.55. The van der Waals surface area contributed by atoms with Gasteiger partial charge >= 0.3 is 0 Å². The van der Waals surface area contributed by atoms with Crippen molar-refractivity contribution in [1.29, 1.82) is 0 Å². The van der Waals surface area contributed by atoms with Crippen molar-refractivity contribution >= 4 is 16.7 Å². The molecule has 0 saturated carbocycles. The minimum absolute atomic E-state index is 0.156. The van der Waals surface area contributed by atoms with Crippen molar-refractivity contribution in [2.24, 2.45) is 0 Å². The topological polar surface area (TPSA) is 78.8 Å². The first-order valence-electron chi connectivity index (χ1n) is 7.20. The number of amides is 1. The Bertz CT molecular complexity index is 656. The summed E-state index contributed by atoms with van der Waals surface area (Å²) in [5.74, 6) is 0.566. The van der Waals surface area contributed by atoms with Crippen LogP contribution in [0.1, 0.15) is 25.0 Å². The highest BCUT2D eigenvalue weighted by Gasteiger charge is 2.21. The van der Waals surface area contributed by atoms with Gasteiger partial charge in [-0.15, -0.1) is 0 Å². The molecule has 2 rings (SSSR count). The highest BCUT2D eigenvalue weighted by Crippen LogP contribution is 2.33. The summed E-state index contributed by atoms with van der Waals surface area (Å²) in [5.41, 5.74) is 0.645. The summed E-state index contributed by atoms with van der Waals surface area (Å²) in [5, 5.41) is 24.9. The number of ether oxygens (including phenoxy) is 1. The van der Waals surface area contributed by atoms with Crippen molar-refractivity contribution in [2.75, 3.05) is 13.7 Å². The second-order valence-electron chi connectivity index (χ2n) is 5.19. The van der Waals surface area contributed by atoms with Gasteiger partial charge in [-0.05, 0) is 23.4 Å². The molecule has 1 amide bonds. The highest BCUT2D eigenvalue weighted by atomic mass is 16.5. The van der Waals surface area contributed by atoms with Gasteiger partial charge < -0.3 is 20.3 Å². The van der Waals surface area contributed by atoms with E-state index in [4.69, 9.17) is 4.74 Å². The summed E-state index contributed by atoms with van der Waals surface area (Å²) in [4.78, 5) is 10.8. The van der Waals surface area contributed by atoms with Crippen LogP contribution in [-0.2, 0) is 4.79 Å². The summed E-state index contributed by atoms with van der Waals surface area (Å²) in [6.07, 6.45) is -1.70. The number of carbonyl (C=O) groups excluding carboxylic acids is 1. The van der Waals surface area contributed by atoms with Gasteiger partial charge in [0.25, 0.3) is 0 Å². The molecule has 118 valence electrons. The van der Waals surface area contributed by atoms with E-state index in [0.717, 1.165) is 16.5 Å². The summed E-state index contributed by atoms with van der Waals surface area (Å²) < 4.78 is 5.32. The monoisotopic (exact) mass is 303 g/mol. The normalized spacial score (nSPS) is 13.6. The van der Waals surface area contributed by atoms with Crippen molar-refractivity contribution in [3.63, 3.8) is 0 Å². The van der Waals surface area contributed by atoms with Gasteiger partial charge in [0.2, 0.25) is 5.91 Å². The first-order valence-corrected chi connectivity index (χ1v) is 7.20. The molecule has 0 aromatic heterocycles. The molecule has 0 heterocycles. The first kappa shape index (κ1) is 16.3. The number of hydrogen-bond acceptors (Lipinski definition) is 4. The summed E-state index contributed by atoms with van der Waals surface area (Å²) in [6.45, 7) is 1.74. The number of aliphatic hydroxyl groups is 2. The van der Waals surface area contributed by atoms with Crippen LogP contribution < -0.4 is 10.1 Å². The zero-order chi connectivity index (χ0) is 16.1. The summed E-state index contributed by atoms with van der Waals surface area (Å²) in [6, 6.07) is 11.1. The number of fused-ring (bicyclic) bond motifs is 1. The van der Waals surface area contributed by atoms with E-state index in [9.17, 15) is 15.0 Å². The molecule has 0 bridgehead atoms. The third-order valence-electron chi connectivity index (χ3n) is 3.63. The average molecular weight is 303 g/mol. The van der Waals surface area contributed by atoms with Gasteiger partial charge in [-0.25, -0.2) is 0 Å². The molecule has 5 nitrogen and oxygen atoms in total. The zero-order valence-corrected chi connectivity index (χ0v) is 12.7. The molecule has 0 fully saturated rings. The van der Waals surface area contributed by atoms with Gasteiger partial charge in [0.05, 0.1) is 13.2 Å². The fourth-order valence-corrected chi connectivity index (χ4v) is 2.49. The molecule has 0 aliphatic heterocycles. The van der Waals surface area contributed by atoms with Gasteiger partial charge in [0.1, 0.15) is 11.9 Å². The number of carbonyl (C=O) groups is 1. The lowest BCUT2D eigenvalue weighted by atomic mass is 9.95. The molecule has 0 aliphatic carbocycles. The van der Waals surface area contributed by atoms with E-state index in [1.807, 2.05) is 24.3 Å². The van der Waals surface area contributed by atoms with Crippen molar-refractivity contribution in [3.05, 3.63) is 42.0 Å². The van der Waals surface area contributed by atoms with E-state index in [0.29, 0.717) is 12.1 Å². The largest absolute Gasteiger partial charge is 0.496 e. The van der Waals surface area contributed by atoms with Gasteiger partial charge in [-0.3, -0.25) is 4.79 Å². The van der Waals surface area contributed by atoms with Crippen LogP contribution in [0.25, 0.3) is 10.8 Å². The molecule has 0 aliphatic rings. The molecule has 2 aromatic rings. The quantitative estimate of drug-likeness (QED) is 0.760. The van der Waals surface area contributed by atoms with E-state index in [-0.39, 0.29) is 12.3 Å². The zero-order valence-electron chi connectivity index (χ0n) is 12.7. The maximum atomic E-state index is 10.8. The third-order valence-corrected chi connectivity index (χ3v) is 3.63. The molecule has 3 N–H and O–H groups in total. The van der Waals surface area contributed by atoms with E-state index in [1.165, 1.54) is 6.92 Å². The van der Waals surface area contributed by atoms with Crippen LogP contribution in [0.5, 0.6) is 5.75 Å². The van der Waals surface area contributed by atoms with Crippen LogP contribution in [0.4, 0.5) is 0 Å². The number of aliphatic hydroxyl groups excluding tert-OH is 2. The first-order chi connectivity index (χ1) is 10.5. The number of methoxy groups -OCH3 is 1. The van der Waals surface area contributed by atoms with Crippen molar-refractivity contribution in [2.45, 2.75) is 25.6 Å². The fourth-order valence-electron chi connectivity index (χ4n) is 2.49. The Balaban J connectivity index is 2.24. The van der Waals surface area contributed by atoms with Crippen LogP contribution in [0.15, 0.2) is 36.4 Å². The standard InChI is InChI=1S/C17H21NO4/c1-11(19)18-10-9-15(20)17(21)14-7-8-16(22-2)13-6-4-3-5-12(13)14/h3-8,15,17,20-21H,9-10H2,1-2H3,(H,18,19). The Morgan fingerprint density at radius 3 is 2.50 bits per heavy atom. The van der Waals surface area contributed by atoms with Gasteiger partial charge in [0.15, 0.2) is 0 Å². The fraction of sp³-hybridized carbons (Fsp3) is 0.353. The Morgan fingerprint density at radius 1 is 1.18 bits per heavy atom. The Morgan fingerprint density at radius 2 is 1.86 bits per heavy atom. The highest BCUT2D eigenvalue weighted by molar-refractivity contribution is 5.91. The van der Waals surface area contributed by atoms with Gasteiger partial charge in [-0.1, -0.05) is 30.3 Å². The lowest BCUT2D eigenvalue weighted by molar-refractivity contribution is -0.119. The van der Waals surface area contributed by atoms with Gasteiger partial charge in [-0.2, -0.15) is 0 Å². The van der Waals surface area contributed by atoms with Crippen LogP contribution in [0.2, 0.25) is 0 Å². The SMILES string of the molecule is COc1ccc(C(O)C(O)CCNC(C)=O)c2ccccc12. The number of rotatable bonds is 6. The van der Waals surface area contributed by atoms with Crippen molar-refractivity contribution < 1.29 is 19.7 Å². The maximum absolute atomic E-state index is 10.8. The Kier molecular flexibility index (Phi) is 5.35. The molecule has 0 saturated heterocycles. The Hall–Kier alpha value is -2.11. The number of hydrogen-bond donors (Lipinski definition) is 3. The molecule has 2 atom stereocenters. The lowest BCUT2D eigenvalue weighted by Gasteiger charge is -2.20. The predicted octanol–water partition coefficient (Wildman–Crippen LogP) is 1.77. The van der Waals surface area contributed by atoms with Crippen LogP contribution in [0.3, 0.4) is 0 Å².